The highest BCUT2D eigenvalue weighted by Crippen LogP contribution is 2.22. The number of pyridine rings is 1. The van der Waals surface area contributed by atoms with Gasteiger partial charge in [0.2, 0.25) is 0 Å². The first-order valence-corrected chi connectivity index (χ1v) is 7.50. The van der Waals surface area contributed by atoms with Crippen LogP contribution >= 0.6 is 0 Å². The molecule has 23 heavy (non-hydrogen) atoms. The molecule has 2 heterocycles. The Kier molecular flexibility index (Phi) is 4.52. The molecule has 1 aliphatic heterocycles. The number of aromatic nitrogens is 1. The molecule has 6 heteroatoms. The van der Waals surface area contributed by atoms with Crippen molar-refractivity contribution in [2.75, 3.05) is 36.5 Å². The molecular formula is C17H18FN3O2. The van der Waals surface area contributed by atoms with Crippen LogP contribution in [-0.2, 0) is 4.74 Å². The number of benzene rings is 1. The summed E-state index contributed by atoms with van der Waals surface area (Å²) < 4.78 is 18.7. The van der Waals surface area contributed by atoms with Crippen molar-refractivity contribution >= 4 is 17.4 Å². The number of aryl methyl sites for hydroxylation is 1. The highest BCUT2D eigenvalue weighted by atomic mass is 19.1. The van der Waals surface area contributed by atoms with Crippen LogP contribution in [0, 0.1) is 12.7 Å². The van der Waals surface area contributed by atoms with E-state index in [1.807, 2.05) is 11.8 Å². The number of hydrogen-bond acceptors (Lipinski definition) is 4. The van der Waals surface area contributed by atoms with Gasteiger partial charge in [0.15, 0.2) is 0 Å². The molecule has 0 saturated carbocycles. The van der Waals surface area contributed by atoms with E-state index in [-0.39, 0.29) is 11.7 Å². The summed E-state index contributed by atoms with van der Waals surface area (Å²) in [5, 5.41) is 2.77. The number of carbonyl (C=O) groups excluding carboxylic acids is 1. The molecule has 1 fully saturated rings. The average molecular weight is 315 g/mol. The molecule has 0 bridgehead atoms. The van der Waals surface area contributed by atoms with Gasteiger partial charge in [-0.05, 0) is 36.8 Å². The fraction of sp³-hybridized carbons (Fsp3) is 0.294. The predicted molar refractivity (Wildman–Crippen MR) is 86.4 cm³/mol. The van der Waals surface area contributed by atoms with Crippen LogP contribution in [0.15, 0.2) is 36.5 Å². The van der Waals surface area contributed by atoms with E-state index in [9.17, 15) is 9.18 Å². The summed E-state index contributed by atoms with van der Waals surface area (Å²) in [5.74, 6) is -0.0545. The molecule has 0 aliphatic carbocycles. The van der Waals surface area contributed by atoms with Gasteiger partial charge in [0.25, 0.3) is 5.91 Å². The fourth-order valence-electron chi connectivity index (χ4n) is 2.52. The molecule has 1 aliphatic rings. The minimum atomic E-state index is -0.384. The van der Waals surface area contributed by atoms with Crippen LogP contribution in [0.4, 0.5) is 15.9 Å². The fourth-order valence-corrected chi connectivity index (χ4v) is 2.52. The van der Waals surface area contributed by atoms with Gasteiger partial charge < -0.3 is 15.0 Å². The van der Waals surface area contributed by atoms with E-state index in [4.69, 9.17) is 4.74 Å². The maximum absolute atomic E-state index is 13.4. The number of amides is 1. The third kappa shape index (κ3) is 3.48. The Morgan fingerprint density at radius 1 is 1.30 bits per heavy atom. The van der Waals surface area contributed by atoms with Crippen LogP contribution < -0.4 is 10.2 Å². The number of nitrogens with one attached hydrogen (secondary N) is 1. The molecule has 1 saturated heterocycles. The molecule has 1 N–H and O–H groups in total. The maximum Gasteiger partial charge on any atom is 0.259 e. The first-order chi connectivity index (χ1) is 11.1. The van der Waals surface area contributed by atoms with Gasteiger partial charge >= 0.3 is 0 Å². The number of anilines is 2. The first kappa shape index (κ1) is 15.4. The first-order valence-electron chi connectivity index (χ1n) is 7.50. The predicted octanol–water partition coefficient (Wildman–Crippen LogP) is 2.62. The number of morpholine rings is 1. The van der Waals surface area contributed by atoms with E-state index < -0.39 is 0 Å². The number of nitrogens with zero attached hydrogens (tertiary/aromatic N) is 2. The Morgan fingerprint density at radius 3 is 2.87 bits per heavy atom. The monoisotopic (exact) mass is 315 g/mol. The molecule has 0 spiro atoms. The van der Waals surface area contributed by atoms with Gasteiger partial charge in [0, 0.05) is 25.0 Å². The number of halogens is 1. The minimum absolute atomic E-state index is 0.298. The van der Waals surface area contributed by atoms with E-state index in [1.165, 1.54) is 12.1 Å². The third-order valence-corrected chi connectivity index (χ3v) is 3.79. The van der Waals surface area contributed by atoms with E-state index in [2.05, 4.69) is 10.3 Å². The van der Waals surface area contributed by atoms with Crippen LogP contribution in [0.25, 0.3) is 0 Å². The Hall–Kier alpha value is -2.47. The van der Waals surface area contributed by atoms with Crippen molar-refractivity contribution in [3.05, 3.63) is 53.5 Å². The van der Waals surface area contributed by atoms with E-state index in [0.29, 0.717) is 43.4 Å². The zero-order valence-electron chi connectivity index (χ0n) is 12.9. The lowest BCUT2D eigenvalue weighted by molar-refractivity contribution is 0.102. The summed E-state index contributed by atoms with van der Waals surface area (Å²) in [7, 11) is 0. The summed E-state index contributed by atoms with van der Waals surface area (Å²) in [6, 6.07) is 7.77. The van der Waals surface area contributed by atoms with Crippen molar-refractivity contribution in [2.24, 2.45) is 0 Å². The van der Waals surface area contributed by atoms with Crippen molar-refractivity contribution in [1.29, 1.82) is 0 Å². The largest absolute Gasteiger partial charge is 0.378 e. The number of carbonyl (C=O) groups is 1. The number of ether oxygens (including phenoxy) is 1. The SMILES string of the molecule is Cc1ccc(F)cc1NC(=O)c1cccnc1N1CCOCC1. The minimum Gasteiger partial charge on any atom is -0.378 e. The van der Waals surface area contributed by atoms with Crippen molar-refractivity contribution in [3.8, 4) is 0 Å². The second-order valence-electron chi connectivity index (χ2n) is 5.39. The standard InChI is InChI=1S/C17H18FN3O2/c1-12-4-5-13(18)11-15(12)20-17(22)14-3-2-6-19-16(14)21-7-9-23-10-8-21/h2-6,11H,7-10H2,1H3,(H,20,22). The number of hydrogen-bond donors (Lipinski definition) is 1. The Morgan fingerprint density at radius 2 is 2.09 bits per heavy atom. The van der Waals surface area contributed by atoms with Crippen LogP contribution in [0.1, 0.15) is 15.9 Å². The van der Waals surface area contributed by atoms with Crippen LogP contribution in [0.2, 0.25) is 0 Å². The molecule has 0 unspecified atom stereocenters. The second-order valence-corrected chi connectivity index (χ2v) is 5.39. The molecule has 0 radical (unpaired) electrons. The highest BCUT2D eigenvalue weighted by Gasteiger charge is 2.20. The zero-order chi connectivity index (χ0) is 16.2. The molecule has 5 nitrogen and oxygen atoms in total. The van der Waals surface area contributed by atoms with Gasteiger partial charge in [-0.2, -0.15) is 0 Å². The van der Waals surface area contributed by atoms with Gasteiger partial charge in [-0.1, -0.05) is 6.07 Å². The topological polar surface area (TPSA) is 54.5 Å². The maximum atomic E-state index is 13.4. The van der Waals surface area contributed by atoms with Crippen molar-refractivity contribution < 1.29 is 13.9 Å². The zero-order valence-corrected chi connectivity index (χ0v) is 12.9. The van der Waals surface area contributed by atoms with Crippen molar-refractivity contribution in [1.82, 2.24) is 4.98 Å². The third-order valence-electron chi connectivity index (χ3n) is 3.79. The second kappa shape index (κ2) is 6.75. The van der Waals surface area contributed by atoms with Gasteiger partial charge in [0.1, 0.15) is 11.6 Å². The van der Waals surface area contributed by atoms with Crippen LogP contribution in [-0.4, -0.2) is 37.2 Å². The van der Waals surface area contributed by atoms with E-state index in [0.717, 1.165) is 5.56 Å². The summed E-state index contributed by atoms with van der Waals surface area (Å²) in [6.45, 7) is 4.43. The highest BCUT2D eigenvalue weighted by molar-refractivity contribution is 6.07. The van der Waals surface area contributed by atoms with E-state index in [1.54, 1.807) is 24.4 Å². The van der Waals surface area contributed by atoms with Crippen LogP contribution in [0.5, 0.6) is 0 Å². The lowest BCUT2D eigenvalue weighted by Gasteiger charge is -2.29. The summed E-state index contributed by atoms with van der Waals surface area (Å²) in [4.78, 5) is 19.0. The van der Waals surface area contributed by atoms with Gasteiger partial charge in [0.05, 0.1) is 18.8 Å². The number of rotatable bonds is 3. The van der Waals surface area contributed by atoms with Gasteiger partial charge in [-0.25, -0.2) is 9.37 Å². The van der Waals surface area contributed by atoms with Crippen molar-refractivity contribution in [2.45, 2.75) is 6.92 Å². The quantitative estimate of drug-likeness (QED) is 0.946. The molecular weight excluding hydrogens is 297 g/mol. The summed E-state index contributed by atoms with van der Waals surface area (Å²) in [6.07, 6.45) is 1.66. The Balaban J connectivity index is 1.86. The van der Waals surface area contributed by atoms with Gasteiger partial charge in [-0.15, -0.1) is 0 Å². The molecule has 1 aromatic carbocycles. The lowest BCUT2D eigenvalue weighted by Crippen LogP contribution is -2.38. The normalized spacial score (nSPS) is 14.6. The van der Waals surface area contributed by atoms with Crippen molar-refractivity contribution in [3.63, 3.8) is 0 Å². The summed E-state index contributed by atoms with van der Waals surface area (Å²) in [5.41, 5.74) is 1.74. The Bertz CT molecular complexity index is 715. The Labute approximate surface area is 134 Å². The van der Waals surface area contributed by atoms with Gasteiger partial charge in [-0.3, -0.25) is 4.79 Å². The molecule has 3 rings (SSSR count). The average Bonchev–Trinajstić information content (AvgIpc) is 2.59. The summed E-state index contributed by atoms with van der Waals surface area (Å²) >= 11 is 0. The smallest absolute Gasteiger partial charge is 0.259 e. The molecule has 120 valence electrons. The molecule has 0 atom stereocenters. The van der Waals surface area contributed by atoms with E-state index >= 15 is 0 Å². The lowest BCUT2D eigenvalue weighted by atomic mass is 10.1. The van der Waals surface area contributed by atoms with Crippen LogP contribution in [0.3, 0.4) is 0 Å². The molecule has 2 aromatic rings. The molecule has 1 amide bonds. The molecule has 1 aromatic heterocycles.